The molecule has 1 atom stereocenters. The molecular formula is C17H25BrN2O. The third-order valence-corrected chi connectivity index (χ3v) is 4.39. The highest BCUT2D eigenvalue weighted by Gasteiger charge is 2.29. The molecule has 1 aliphatic heterocycles. The number of anilines is 1. The molecule has 1 unspecified atom stereocenters. The first-order valence-electron chi connectivity index (χ1n) is 7.91. The average molecular weight is 353 g/mol. The lowest BCUT2D eigenvalue weighted by Crippen LogP contribution is -2.28. The molecule has 1 aliphatic rings. The molecule has 4 heteroatoms. The van der Waals surface area contributed by atoms with Crippen molar-refractivity contribution in [1.82, 2.24) is 5.32 Å². The number of unbranched alkanes of at least 4 members (excludes halogenated alkanes) is 3. The molecule has 3 nitrogen and oxygen atoms in total. The Morgan fingerprint density at radius 2 is 2.00 bits per heavy atom. The van der Waals surface area contributed by atoms with Crippen LogP contribution in [0.1, 0.15) is 57.6 Å². The first-order valence-corrected chi connectivity index (χ1v) is 8.71. The van der Waals surface area contributed by atoms with E-state index in [1.165, 1.54) is 25.7 Å². The fraction of sp³-hybridized carbons (Fsp3) is 0.588. The molecule has 0 aromatic heterocycles. The fourth-order valence-corrected chi connectivity index (χ4v) is 3.09. The zero-order valence-corrected chi connectivity index (χ0v) is 14.5. The van der Waals surface area contributed by atoms with Gasteiger partial charge in [0.2, 0.25) is 5.91 Å². The maximum atomic E-state index is 12.0. The van der Waals surface area contributed by atoms with E-state index in [1.54, 1.807) is 0 Å². The molecule has 0 spiro atoms. The number of carbonyl (C=O) groups excluding carboxylic acids is 1. The van der Waals surface area contributed by atoms with E-state index in [2.05, 4.69) is 40.4 Å². The normalized spacial score (nSPS) is 17.1. The maximum Gasteiger partial charge on any atom is 0.246 e. The van der Waals surface area contributed by atoms with Gasteiger partial charge in [0.05, 0.1) is 0 Å². The summed E-state index contributed by atoms with van der Waals surface area (Å²) in [6, 6.07) is 5.72. The first kappa shape index (κ1) is 16.5. The summed E-state index contributed by atoms with van der Waals surface area (Å²) in [7, 11) is 0. The summed E-state index contributed by atoms with van der Waals surface area (Å²) in [6.45, 7) is 5.44. The second-order valence-corrected chi connectivity index (χ2v) is 7.12. The molecule has 2 N–H and O–H groups in total. The molecule has 0 bridgehead atoms. The molecule has 0 fully saturated rings. The van der Waals surface area contributed by atoms with Gasteiger partial charge in [-0.1, -0.05) is 55.5 Å². The minimum Gasteiger partial charge on any atom is -0.324 e. The first-order chi connectivity index (χ1) is 10.1. The number of carbonyl (C=O) groups is 1. The standard InChI is InChI=1S/C17H25BrN2O/c1-12(2)7-5-3-4-6-10-19-16-14-11-13(18)8-9-15(14)20-17(16)21/h8-9,11-12,16,19H,3-7,10H2,1-2H3,(H,20,21). The highest BCUT2D eigenvalue weighted by atomic mass is 79.9. The predicted octanol–water partition coefficient (Wildman–Crippen LogP) is 4.64. The van der Waals surface area contributed by atoms with Crippen LogP contribution in [0.25, 0.3) is 0 Å². The largest absolute Gasteiger partial charge is 0.324 e. The summed E-state index contributed by atoms with van der Waals surface area (Å²) in [5.74, 6) is 0.864. The fourth-order valence-electron chi connectivity index (χ4n) is 2.71. The van der Waals surface area contributed by atoms with E-state index >= 15 is 0 Å². The molecule has 0 radical (unpaired) electrons. The van der Waals surface area contributed by atoms with Crippen molar-refractivity contribution in [1.29, 1.82) is 0 Å². The van der Waals surface area contributed by atoms with Gasteiger partial charge in [-0.15, -0.1) is 0 Å². The van der Waals surface area contributed by atoms with Gasteiger partial charge in [-0.05, 0) is 37.1 Å². The van der Waals surface area contributed by atoms with Crippen LogP contribution < -0.4 is 10.6 Å². The lowest BCUT2D eigenvalue weighted by atomic mass is 10.0. The average Bonchev–Trinajstić information content (AvgIpc) is 2.73. The Balaban J connectivity index is 1.72. The summed E-state index contributed by atoms with van der Waals surface area (Å²) >= 11 is 3.47. The molecule has 2 rings (SSSR count). The molecule has 1 heterocycles. The molecule has 1 aromatic carbocycles. The van der Waals surface area contributed by atoms with Crippen molar-refractivity contribution in [3.05, 3.63) is 28.2 Å². The van der Waals surface area contributed by atoms with Crippen molar-refractivity contribution >= 4 is 27.5 Å². The molecule has 1 amide bonds. The monoisotopic (exact) mass is 352 g/mol. The van der Waals surface area contributed by atoms with E-state index in [9.17, 15) is 4.79 Å². The van der Waals surface area contributed by atoms with Gasteiger partial charge in [0.25, 0.3) is 0 Å². The molecule has 0 saturated heterocycles. The summed E-state index contributed by atoms with van der Waals surface area (Å²) in [5, 5.41) is 6.31. The molecule has 0 saturated carbocycles. The Labute approximate surface area is 136 Å². The molecule has 0 aliphatic carbocycles. The van der Waals surface area contributed by atoms with Gasteiger partial charge >= 0.3 is 0 Å². The lowest BCUT2D eigenvalue weighted by molar-refractivity contribution is -0.117. The number of nitrogens with one attached hydrogen (secondary N) is 2. The minimum absolute atomic E-state index is 0.0582. The van der Waals surface area contributed by atoms with Crippen LogP contribution in [0.4, 0.5) is 5.69 Å². The van der Waals surface area contributed by atoms with Crippen molar-refractivity contribution in [2.24, 2.45) is 5.92 Å². The van der Waals surface area contributed by atoms with Crippen molar-refractivity contribution in [3.63, 3.8) is 0 Å². The highest BCUT2D eigenvalue weighted by molar-refractivity contribution is 9.10. The Kier molecular flexibility index (Phi) is 6.24. The summed E-state index contributed by atoms with van der Waals surface area (Å²) in [6.07, 6.45) is 6.29. The van der Waals surface area contributed by atoms with Gasteiger partial charge in [0, 0.05) is 15.7 Å². The smallest absolute Gasteiger partial charge is 0.246 e. The quantitative estimate of drug-likeness (QED) is 0.669. The van der Waals surface area contributed by atoms with E-state index < -0.39 is 0 Å². The molecular weight excluding hydrogens is 328 g/mol. The van der Waals surface area contributed by atoms with E-state index in [1.807, 2.05) is 18.2 Å². The second-order valence-electron chi connectivity index (χ2n) is 6.20. The number of rotatable bonds is 8. The third-order valence-electron chi connectivity index (χ3n) is 3.90. The van der Waals surface area contributed by atoms with Crippen LogP contribution in [0.15, 0.2) is 22.7 Å². The van der Waals surface area contributed by atoms with Crippen molar-refractivity contribution in [2.45, 2.75) is 52.0 Å². The summed E-state index contributed by atoms with van der Waals surface area (Å²) in [5.41, 5.74) is 1.98. The van der Waals surface area contributed by atoms with Gasteiger partial charge in [-0.2, -0.15) is 0 Å². The Morgan fingerprint density at radius 1 is 1.24 bits per heavy atom. The minimum atomic E-state index is -0.201. The highest BCUT2D eigenvalue weighted by Crippen LogP contribution is 2.32. The van der Waals surface area contributed by atoms with E-state index in [0.717, 1.165) is 34.6 Å². The van der Waals surface area contributed by atoms with Crippen LogP contribution in [0, 0.1) is 5.92 Å². The lowest BCUT2D eigenvalue weighted by Gasteiger charge is -2.11. The molecule has 21 heavy (non-hydrogen) atoms. The number of hydrogen-bond acceptors (Lipinski definition) is 2. The van der Waals surface area contributed by atoms with Crippen LogP contribution in [0.5, 0.6) is 0 Å². The van der Waals surface area contributed by atoms with Crippen LogP contribution in [0.2, 0.25) is 0 Å². The van der Waals surface area contributed by atoms with Gasteiger partial charge < -0.3 is 10.6 Å². The van der Waals surface area contributed by atoms with Crippen LogP contribution in [-0.2, 0) is 4.79 Å². The van der Waals surface area contributed by atoms with Gasteiger partial charge in [-0.3, -0.25) is 4.79 Å². The second kappa shape index (κ2) is 7.95. The number of fused-ring (bicyclic) bond motifs is 1. The van der Waals surface area contributed by atoms with Crippen LogP contribution in [0.3, 0.4) is 0 Å². The van der Waals surface area contributed by atoms with E-state index in [4.69, 9.17) is 0 Å². The third kappa shape index (κ3) is 4.82. The summed E-state index contributed by atoms with van der Waals surface area (Å²) in [4.78, 5) is 12.0. The topological polar surface area (TPSA) is 41.1 Å². The van der Waals surface area contributed by atoms with Crippen molar-refractivity contribution in [2.75, 3.05) is 11.9 Å². The van der Waals surface area contributed by atoms with E-state index in [-0.39, 0.29) is 11.9 Å². The van der Waals surface area contributed by atoms with E-state index in [0.29, 0.717) is 0 Å². The van der Waals surface area contributed by atoms with Gasteiger partial charge in [0.1, 0.15) is 6.04 Å². The molecule has 116 valence electrons. The number of amides is 1. The van der Waals surface area contributed by atoms with Crippen molar-refractivity contribution < 1.29 is 4.79 Å². The number of benzene rings is 1. The Hall–Kier alpha value is -0.870. The number of halogens is 1. The zero-order valence-electron chi connectivity index (χ0n) is 12.9. The zero-order chi connectivity index (χ0) is 15.2. The molecule has 1 aromatic rings. The Morgan fingerprint density at radius 3 is 2.76 bits per heavy atom. The van der Waals surface area contributed by atoms with Gasteiger partial charge in [-0.25, -0.2) is 0 Å². The van der Waals surface area contributed by atoms with Gasteiger partial charge in [0.15, 0.2) is 0 Å². The van der Waals surface area contributed by atoms with Crippen molar-refractivity contribution in [3.8, 4) is 0 Å². The Bertz CT molecular complexity index is 488. The summed E-state index contributed by atoms with van der Waals surface area (Å²) < 4.78 is 1.01. The maximum absolute atomic E-state index is 12.0. The van der Waals surface area contributed by atoms with Crippen LogP contribution >= 0.6 is 15.9 Å². The SMILES string of the molecule is CC(C)CCCCCCNC1C(=O)Nc2ccc(Br)cc21. The number of hydrogen-bond donors (Lipinski definition) is 2. The van der Waals surface area contributed by atoms with Crippen LogP contribution in [-0.4, -0.2) is 12.5 Å². The predicted molar refractivity (Wildman–Crippen MR) is 91.4 cm³/mol.